The van der Waals surface area contributed by atoms with E-state index >= 15 is 0 Å². The first kappa shape index (κ1) is 21.3. The van der Waals surface area contributed by atoms with Crippen LogP contribution in [0.25, 0.3) is 16.3 Å². The van der Waals surface area contributed by atoms with Crippen molar-refractivity contribution in [2.24, 2.45) is 16.5 Å². The molecule has 1 fully saturated rings. The second-order valence-electron chi connectivity index (χ2n) is 7.58. The highest BCUT2D eigenvalue weighted by Crippen LogP contribution is 2.32. The molecule has 0 aliphatic heterocycles. The fourth-order valence-electron chi connectivity index (χ4n) is 3.85. The van der Waals surface area contributed by atoms with E-state index < -0.39 is 0 Å². The van der Waals surface area contributed by atoms with Gasteiger partial charge in [-0.15, -0.1) is 0 Å². The Morgan fingerprint density at radius 1 is 1.34 bits per heavy atom. The molecular formula is C24H24N6O2. The third kappa shape index (κ3) is 3.74. The van der Waals surface area contributed by atoms with Crippen LogP contribution in [0.5, 0.6) is 5.75 Å². The number of aromatic amines is 1. The van der Waals surface area contributed by atoms with E-state index in [4.69, 9.17) is 16.2 Å². The van der Waals surface area contributed by atoms with Crippen molar-refractivity contribution in [1.29, 1.82) is 5.26 Å². The van der Waals surface area contributed by atoms with E-state index in [1.807, 2.05) is 18.2 Å². The van der Waals surface area contributed by atoms with E-state index in [9.17, 15) is 10.1 Å². The van der Waals surface area contributed by atoms with Crippen molar-refractivity contribution in [3.8, 4) is 11.8 Å². The third-order valence-electron chi connectivity index (χ3n) is 5.76. The fourth-order valence-corrected chi connectivity index (χ4v) is 3.85. The van der Waals surface area contributed by atoms with Gasteiger partial charge in [-0.2, -0.15) is 10.4 Å². The molecule has 0 radical (unpaired) electrons. The molecular weight excluding hydrogens is 404 g/mol. The number of hydrogen-bond acceptors (Lipinski definition) is 7. The van der Waals surface area contributed by atoms with Crippen molar-refractivity contribution >= 4 is 22.1 Å². The largest absolute Gasteiger partial charge is 0.489 e. The Hall–Kier alpha value is -3.96. The first-order valence-electron chi connectivity index (χ1n) is 10.4. The second-order valence-corrected chi connectivity index (χ2v) is 7.58. The number of hydrogen-bond donors (Lipinski definition) is 3. The molecule has 5 N–H and O–H groups in total. The number of nitrogens with zero attached hydrogens (tertiary/aromatic N) is 3. The summed E-state index contributed by atoms with van der Waals surface area (Å²) in [5.41, 5.74) is 15.1. The van der Waals surface area contributed by atoms with E-state index in [1.54, 1.807) is 25.2 Å². The van der Waals surface area contributed by atoms with Crippen molar-refractivity contribution < 1.29 is 4.74 Å². The van der Waals surface area contributed by atoms with E-state index in [-0.39, 0.29) is 18.2 Å². The molecule has 0 saturated heterocycles. The normalized spacial score (nSPS) is 14.8. The number of H-pyrrole nitrogens is 1. The summed E-state index contributed by atoms with van der Waals surface area (Å²) in [5, 5.41) is 17.6. The van der Waals surface area contributed by atoms with Crippen LogP contribution in [-0.2, 0) is 6.54 Å². The van der Waals surface area contributed by atoms with Gasteiger partial charge in [0.1, 0.15) is 17.4 Å². The van der Waals surface area contributed by atoms with Gasteiger partial charge in [-0.25, -0.2) is 5.10 Å². The summed E-state index contributed by atoms with van der Waals surface area (Å²) in [6, 6.07) is 13.1. The minimum atomic E-state index is -0.293. The summed E-state index contributed by atoms with van der Waals surface area (Å²) in [5.74, 6) is 0.548. The predicted molar refractivity (Wildman–Crippen MR) is 124 cm³/mol. The first-order valence-corrected chi connectivity index (χ1v) is 10.4. The molecule has 0 atom stereocenters. The van der Waals surface area contributed by atoms with Crippen LogP contribution in [0.3, 0.4) is 0 Å². The summed E-state index contributed by atoms with van der Waals surface area (Å²) in [6.07, 6.45) is 4.71. The maximum Gasteiger partial charge on any atom is 0.272 e. The number of nitriles is 1. The highest BCUT2D eigenvalue weighted by Gasteiger charge is 2.23. The van der Waals surface area contributed by atoms with Gasteiger partial charge in [-0.05, 0) is 43.0 Å². The monoisotopic (exact) mass is 428 g/mol. The maximum atomic E-state index is 12.2. The SMILES string of the molecule is CN=C(/C(=C\N)c1ccc2c(=O)[nH]nc(CN)c2c1)c1cccc(OC2CCC2)c1C#N. The van der Waals surface area contributed by atoms with Crippen molar-refractivity contribution in [2.75, 3.05) is 7.05 Å². The number of rotatable bonds is 6. The van der Waals surface area contributed by atoms with Crippen LogP contribution < -0.4 is 21.8 Å². The molecule has 8 nitrogen and oxygen atoms in total. The standard InChI is InChI=1S/C24H24N6O2/c1-28-23(16-6-3-7-22(20(16)12-26)32-15-4-2-5-15)19(11-25)14-8-9-17-18(10-14)21(13-27)29-30-24(17)31/h3,6-11,15H,2,4-5,13,25,27H2,1H3,(H,30,31)/b19-11-,28-23?. The number of fused-ring (bicyclic) bond motifs is 1. The van der Waals surface area contributed by atoms with Gasteiger partial charge in [0.2, 0.25) is 0 Å². The molecule has 0 spiro atoms. The lowest BCUT2D eigenvalue weighted by molar-refractivity contribution is 0.120. The van der Waals surface area contributed by atoms with Gasteiger partial charge in [0, 0.05) is 36.3 Å². The summed E-state index contributed by atoms with van der Waals surface area (Å²) < 4.78 is 6.04. The second kappa shape index (κ2) is 9.04. The lowest BCUT2D eigenvalue weighted by atomic mass is 9.91. The average molecular weight is 428 g/mol. The van der Waals surface area contributed by atoms with E-state index in [0.29, 0.717) is 44.6 Å². The number of allylic oxidation sites excluding steroid dienone is 1. The summed E-state index contributed by atoms with van der Waals surface area (Å²) in [4.78, 5) is 16.6. The third-order valence-corrected chi connectivity index (χ3v) is 5.76. The van der Waals surface area contributed by atoms with E-state index in [0.717, 1.165) is 24.8 Å². The van der Waals surface area contributed by atoms with Crippen molar-refractivity contribution in [2.45, 2.75) is 31.9 Å². The van der Waals surface area contributed by atoms with Crippen LogP contribution in [0.15, 0.2) is 52.4 Å². The van der Waals surface area contributed by atoms with Gasteiger partial charge >= 0.3 is 0 Å². The summed E-state index contributed by atoms with van der Waals surface area (Å²) >= 11 is 0. The van der Waals surface area contributed by atoms with Crippen LogP contribution in [0.4, 0.5) is 0 Å². The van der Waals surface area contributed by atoms with E-state index in [2.05, 4.69) is 21.3 Å². The van der Waals surface area contributed by atoms with Gasteiger partial charge in [0.15, 0.2) is 0 Å². The van der Waals surface area contributed by atoms with Gasteiger partial charge < -0.3 is 16.2 Å². The Kier molecular flexibility index (Phi) is 6.01. The van der Waals surface area contributed by atoms with Crippen molar-refractivity contribution in [1.82, 2.24) is 10.2 Å². The number of benzene rings is 2. The molecule has 1 heterocycles. The van der Waals surface area contributed by atoms with Gasteiger partial charge in [-0.3, -0.25) is 9.79 Å². The molecule has 4 rings (SSSR count). The topological polar surface area (TPSA) is 143 Å². The Labute approximate surface area is 185 Å². The molecule has 1 aliphatic carbocycles. The van der Waals surface area contributed by atoms with Crippen LogP contribution >= 0.6 is 0 Å². The minimum absolute atomic E-state index is 0.143. The lowest BCUT2D eigenvalue weighted by Gasteiger charge is -2.27. The number of aliphatic imine (C=N–C) groups is 1. The van der Waals surface area contributed by atoms with Crippen molar-refractivity contribution in [3.63, 3.8) is 0 Å². The van der Waals surface area contributed by atoms with Crippen LogP contribution in [0.1, 0.15) is 41.6 Å². The molecule has 2 aromatic carbocycles. The Balaban J connectivity index is 1.82. The Morgan fingerprint density at radius 3 is 2.78 bits per heavy atom. The number of aromatic nitrogens is 2. The highest BCUT2D eigenvalue weighted by molar-refractivity contribution is 6.32. The number of ether oxygens (including phenoxy) is 1. The zero-order valence-electron chi connectivity index (χ0n) is 17.8. The molecule has 1 saturated carbocycles. The smallest absolute Gasteiger partial charge is 0.272 e. The number of nitrogens with two attached hydrogens (primary N) is 2. The van der Waals surface area contributed by atoms with Crippen LogP contribution in [0.2, 0.25) is 0 Å². The Bertz CT molecular complexity index is 1330. The van der Waals surface area contributed by atoms with Gasteiger partial charge in [-0.1, -0.05) is 18.2 Å². The van der Waals surface area contributed by atoms with E-state index in [1.165, 1.54) is 6.20 Å². The molecule has 162 valence electrons. The van der Waals surface area contributed by atoms with Gasteiger partial charge in [0.25, 0.3) is 5.56 Å². The zero-order valence-corrected chi connectivity index (χ0v) is 17.8. The molecule has 0 bridgehead atoms. The molecule has 0 unspecified atom stereocenters. The highest BCUT2D eigenvalue weighted by atomic mass is 16.5. The molecule has 8 heteroatoms. The predicted octanol–water partition coefficient (Wildman–Crippen LogP) is 2.60. The average Bonchev–Trinajstić information content (AvgIpc) is 2.79. The molecule has 0 amide bonds. The Morgan fingerprint density at radius 2 is 2.16 bits per heavy atom. The van der Waals surface area contributed by atoms with Gasteiger partial charge in [0.05, 0.1) is 22.9 Å². The van der Waals surface area contributed by atoms with Crippen molar-refractivity contribution in [3.05, 3.63) is 75.3 Å². The molecule has 32 heavy (non-hydrogen) atoms. The van der Waals surface area contributed by atoms with Crippen LogP contribution in [0, 0.1) is 11.3 Å². The zero-order chi connectivity index (χ0) is 22.7. The summed E-state index contributed by atoms with van der Waals surface area (Å²) in [6.45, 7) is 0.173. The minimum Gasteiger partial charge on any atom is -0.489 e. The molecule has 1 aromatic heterocycles. The number of nitrogens with one attached hydrogen (secondary N) is 1. The quantitative estimate of drug-likeness (QED) is 0.515. The van der Waals surface area contributed by atoms with Crippen LogP contribution in [-0.4, -0.2) is 29.1 Å². The molecule has 1 aliphatic rings. The lowest BCUT2D eigenvalue weighted by Crippen LogP contribution is -2.25. The summed E-state index contributed by atoms with van der Waals surface area (Å²) in [7, 11) is 1.65. The molecule has 3 aromatic rings. The maximum absolute atomic E-state index is 12.2. The fraction of sp³-hybridized carbons (Fsp3) is 0.250. The first-order chi connectivity index (χ1) is 15.6.